The SMILES string of the molecule is CCCN1CC2C[C@@]2(c2ccc(Cl)c(Cl)c2)C1. The van der Waals surface area contributed by atoms with Crippen molar-refractivity contribution in [1.29, 1.82) is 0 Å². The van der Waals surface area contributed by atoms with Crippen LogP contribution < -0.4 is 0 Å². The lowest BCUT2D eigenvalue weighted by atomic mass is 9.95. The summed E-state index contributed by atoms with van der Waals surface area (Å²) in [6, 6.07) is 6.16. The van der Waals surface area contributed by atoms with Crippen molar-refractivity contribution in [3.63, 3.8) is 0 Å². The summed E-state index contributed by atoms with van der Waals surface area (Å²) < 4.78 is 0. The predicted octanol–water partition coefficient (Wildman–Crippen LogP) is 3.98. The highest BCUT2D eigenvalue weighted by Gasteiger charge is 2.60. The van der Waals surface area contributed by atoms with Crippen molar-refractivity contribution < 1.29 is 0 Å². The smallest absolute Gasteiger partial charge is 0.0595 e. The van der Waals surface area contributed by atoms with Crippen molar-refractivity contribution in [2.24, 2.45) is 5.92 Å². The molecule has 1 saturated heterocycles. The second kappa shape index (κ2) is 4.15. The van der Waals surface area contributed by atoms with Crippen molar-refractivity contribution in [3.05, 3.63) is 33.8 Å². The Morgan fingerprint density at radius 1 is 1.35 bits per heavy atom. The van der Waals surface area contributed by atoms with Gasteiger partial charge in [-0.3, -0.25) is 0 Å². The van der Waals surface area contributed by atoms with E-state index in [0.29, 0.717) is 15.5 Å². The molecule has 0 amide bonds. The monoisotopic (exact) mass is 269 g/mol. The lowest BCUT2D eigenvalue weighted by Gasteiger charge is -2.20. The van der Waals surface area contributed by atoms with Crippen molar-refractivity contribution >= 4 is 23.2 Å². The molecule has 2 fully saturated rings. The van der Waals surface area contributed by atoms with Gasteiger partial charge in [0.2, 0.25) is 0 Å². The first-order valence-electron chi connectivity index (χ1n) is 6.33. The predicted molar refractivity (Wildman–Crippen MR) is 73.0 cm³/mol. The number of nitrogens with zero attached hydrogens (tertiary/aromatic N) is 1. The third-order valence-electron chi connectivity index (χ3n) is 4.25. The second-order valence-electron chi connectivity index (χ2n) is 5.42. The van der Waals surface area contributed by atoms with Gasteiger partial charge in [-0.05, 0) is 43.0 Å². The molecule has 0 N–H and O–H groups in total. The maximum Gasteiger partial charge on any atom is 0.0595 e. The molecule has 2 atom stereocenters. The Bertz CT molecular complexity index is 446. The van der Waals surface area contributed by atoms with E-state index in [0.717, 1.165) is 5.92 Å². The minimum Gasteiger partial charge on any atom is -0.302 e. The largest absolute Gasteiger partial charge is 0.302 e. The van der Waals surface area contributed by atoms with Crippen LogP contribution in [0.2, 0.25) is 10.0 Å². The molecular formula is C14H17Cl2N. The number of rotatable bonds is 3. The normalized spacial score (nSPS) is 31.6. The van der Waals surface area contributed by atoms with Gasteiger partial charge in [0, 0.05) is 18.5 Å². The van der Waals surface area contributed by atoms with Crippen LogP contribution in [-0.4, -0.2) is 24.5 Å². The summed E-state index contributed by atoms with van der Waals surface area (Å²) in [4.78, 5) is 2.58. The van der Waals surface area contributed by atoms with Crippen molar-refractivity contribution in [1.82, 2.24) is 4.90 Å². The van der Waals surface area contributed by atoms with Crippen LogP contribution in [0.1, 0.15) is 25.3 Å². The van der Waals surface area contributed by atoms with Crippen LogP contribution in [-0.2, 0) is 5.41 Å². The quantitative estimate of drug-likeness (QED) is 0.803. The van der Waals surface area contributed by atoms with E-state index < -0.39 is 0 Å². The standard InChI is InChI=1S/C14H17Cl2N/c1-2-5-17-8-11-7-14(11,9-17)10-3-4-12(15)13(16)6-10/h3-4,6,11H,2,5,7-9H2,1H3/t11?,14-/m0/s1. The third kappa shape index (κ3) is 1.89. The molecule has 3 rings (SSSR count). The molecule has 1 aliphatic heterocycles. The first-order valence-corrected chi connectivity index (χ1v) is 7.09. The Labute approximate surface area is 113 Å². The highest BCUT2D eigenvalue weighted by atomic mass is 35.5. The van der Waals surface area contributed by atoms with E-state index in [-0.39, 0.29) is 0 Å². The minimum absolute atomic E-state index is 0.392. The number of halogens is 2. The Kier molecular flexibility index (Phi) is 2.89. The average Bonchev–Trinajstić information content (AvgIpc) is 2.87. The van der Waals surface area contributed by atoms with Crippen molar-refractivity contribution in [3.8, 4) is 0 Å². The summed E-state index contributed by atoms with van der Waals surface area (Å²) in [5.74, 6) is 0.839. The van der Waals surface area contributed by atoms with Crippen LogP contribution in [0.3, 0.4) is 0 Å². The molecule has 0 radical (unpaired) electrons. The zero-order valence-electron chi connectivity index (χ0n) is 10.0. The van der Waals surface area contributed by atoms with Gasteiger partial charge in [-0.15, -0.1) is 0 Å². The summed E-state index contributed by atoms with van der Waals surface area (Å²) in [6.07, 6.45) is 2.56. The van der Waals surface area contributed by atoms with Gasteiger partial charge in [-0.2, -0.15) is 0 Å². The van der Waals surface area contributed by atoms with Crippen LogP contribution >= 0.6 is 23.2 Å². The lowest BCUT2D eigenvalue weighted by Crippen LogP contribution is -2.27. The van der Waals surface area contributed by atoms with E-state index in [1.54, 1.807) is 0 Å². The maximum absolute atomic E-state index is 6.12. The molecule has 1 aromatic carbocycles. The van der Waals surface area contributed by atoms with Crippen molar-refractivity contribution in [2.45, 2.75) is 25.2 Å². The van der Waals surface area contributed by atoms with Crippen LogP contribution in [0, 0.1) is 5.92 Å². The van der Waals surface area contributed by atoms with Gasteiger partial charge in [0.25, 0.3) is 0 Å². The maximum atomic E-state index is 6.12. The van der Waals surface area contributed by atoms with E-state index in [9.17, 15) is 0 Å². The zero-order valence-corrected chi connectivity index (χ0v) is 11.6. The Hall–Kier alpha value is -0.240. The van der Waals surface area contributed by atoms with E-state index in [2.05, 4.69) is 24.0 Å². The molecule has 17 heavy (non-hydrogen) atoms. The Balaban J connectivity index is 1.83. The molecule has 1 aliphatic carbocycles. The number of likely N-dealkylation sites (tertiary alicyclic amines) is 1. The first kappa shape index (κ1) is 11.8. The summed E-state index contributed by atoms with van der Waals surface area (Å²) in [7, 11) is 0. The lowest BCUT2D eigenvalue weighted by molar-refractivity contribution is 0.299. The summed E-state index contributed by atoms with van der Waals surface area (Å²) in [5, 5.41) is 1.35. The molecule has 92 valence electrons. The van der Waals surface area contributed by atoms with E-state index in [1.807, 2.05) is 6.07 Å². The molecule has 1 aromatic rings. The van der Waals surface area contributed by atoms with Gasteiger partial charge >= 0.3 is 0 Å². The minimum atomic E-state index is 0.392. The number of hydrogen-bond donors (Lipinski definition) is 0. The third-order valence-corrected chi connectivity index (χ3v) is 4.99. The van der Waals surface area contributed by atoms with Crippen molar-refractivity contribution in [2.75, 3.05) is 19.6 Å². The van der Waals surface area contributed by atoms with Crippen LogP contribution in [0.4, 0.5) is 0 Å². The van der Waals surface area contributed by atoms with E-state index in [1.165, 1.54) is 38.0 Å². The topological polar surface area (TPSA) is 3.24 Å². The van der Waals surface area contributed by atoms with Gasteiger partial charge in [-0.1, -0.05) is 36.2 Å². The molecule has 0 bridgehead atoms. The molecular weight excluding hydrogens is 253 g/mol. The van der Waals surface area contributed by atoms with Crippen LogP contribution in [0.5, 0.6) is 0 Å². The van der Waals surface area contributed by atoms with Gasteiger partial charge in [0.1, 0.15) is 0 Å². The fourth-order valence-corrected chi connectivity index (χ4v) is 3.62. The van der Waals surface area contributed by atoms with Gasteiger partial charge in [0.05, 0.1) is 10.0 Å². The first-order chi connectivity index (χ1) is 8.15. The second-order valence-corrected chi connectivity index (χ2v) is 6.24. The van der Waals surface area contributed by atoms with E-state index in [4.69, 9.17) is 23.2 Å². The average molecular weight is 270 g/mol. The fourth-order valence-electron chi connectivity index (χ4n) is 3.33. The number of benzene rings is 1. The van der Waals surface area contributed by atoms with Gasteiger partial charge in [0.15, 0.2) is 0 Å². The summed E-state index contributed by atoms with van der Waals surface area (Å²) in [6.45, 7) is 5.92. The number of piperidine rings is 1. The highest BCUT2D eigenvalue weighted by Crippen LogP contribution is 2.59. The van der Waals surface area contributed by atoms with Crippen LogP contribution in [0.25, 0.3) is 0 Å². The molecule has 1 unspecified atom stereocenters. The number of hydrogen-bond acceptors (Lipinski definition) is 1. The molecule has 1 saturated carbocycles. The van der Waals surface area contributed by atoms with Crippen LogP contribution in [0.15, 0.2) is 18.2 Å². The molecule has 0 aromatic heterocycles. The molecule has 1 heterocycles. The molecule has 1 nitrogen and oxygen atoms in total. The summed E-state index contributed by atoms with van der Waals surface area (Å²) in [5.41, 5.74) is 1.78. The highest BCUT2D eigenvalue weighted by molar-refractivity contribution is 6.42. The number of fused-ring (bicyclic) bond motifs is 1. The zero-order chi connectivity index (χ0) is 12.0. The summed E-state index contributed by atoms with van der Waals surface area (Å²) >= 11 is 12.1. The Morgan fingerprint density at radius 2 is 2.18 bits per heavy atom. The molecule has 3 heteroatoms. The van der Waals surface area contributed by atoms with E-state index >= 15 is 0 Å². The molecule has 2 aliphatic rings. The molecule has 0 spiro atoms. The van der Waals surface area contributed by atoms with Gasteiger partial charge < -0.3 is 4.90 Å². The fraction of sp³-hybridized carbons (Fsp3) is 0.571. The van der Waals surface area contributed by atoms with Gasteiger partial charge in [-0.25, -0.2) is 0 Å². The Morgan fingerprint density at radius 3 is 2.88 bits per heavy atom.